The van der Waals surface area contributed by atoms with Gasteiger partial charge in [0.15, 0.2) is 0 Å². The summed E-state index contributed by atoms with van der Waals surface area (Å²) in [4.78, 5) is 13.3. The summed E-state index contributed by atoms with van der Waals surface area (Å²) in [6, 6.07) is 7.94. The van der Waals surface area contributed by atoms with Crippen LogP contribution in [0.1, 0.15) is 84.1 Å². The van der Waals surface area contributed by atoms with Gasteiger partial charge in [-0.25, -0.2) is 4.79 Å². The van der Waals surface area contributed by atoms with E-state index in [9.17, 15) is 9.35 Å². The molecule has 228 valence electrons. The fraction of sp³-hybridized carbons (Fsp3) is 0.719. The molecular formula is C32H45BN2O6S. The van der Waals surface area contributed by atoms with Crippen molar-refractivity contribution >= 4 is 35.5 Å². The minimum Gasteiger partial charge on any atom is -0.598 e. The molecule has 42 heavy (non-hydrogen) atoms. The summed E-state index contributed by atoms with van der Waals surface area (Å²) in [6.45, 7) is 7.93. The molecule has 1 amide bonds. The molecule has 3 heterocycles. The van der Waals surface area contributed by atoms with Crippen LogP contribution in [-0.2, 0) is 31.8 Å². The van der Waals surface area contributed by atoms with E-state index in [-0.39, 0.29) is 35.0 Å². The predicted molar refractivity (Wildman–Crippen MR) is 163 cm³/mol. The number of fused-ring (bicyclic) bond motifs is 1. The van der Waals surface area contributed by atoms with Crippen LogP contribution in [0.15, 0.2) is 34.9 Å². The van der Waals surface area contributed by atoms with E-state index in [0.29, 0.717) is 18.3 Å². The second kappa shape index (κ2) is 11.3. The number of ether oxygens (including phenoxy) is 1. The van der Waals surface area contributed by atoms with Crippen LogP contribution in [0.3, 0.4) is 0 Å². The number of amides is 1. The third kappa shape index (κ3) is 5.09. The fourth-order valence-corrected chi connectivity index (χ4v) is 10.6. The van der Waals surface area contributed by atoms with Crippen LogP contribution < -0.4 is 5.32 Å². The molecule has 6 aliphatic rings. The summed E-state index contributed by atoms with van der Waals surface area (Å²) in [6.07, 6.45) is 11.4. The Hall–Kier alpha value is -1.72. The van der Waals surface area contributed by atoms with Crippen LogP contribution in [0.5, 0.6) is 0 Å². The fourth-order valence-electron chi connectivity index (χ4n) is 8.75. The SMILES string of the molecule is CC1(C)C2CC3OB(C(Cc4coc5ccccc45)NC(=O)OCC4CCCN4[S+]([O-])C4CCCCC4)O[C@@]3(C)C1C2. The molecule has 7 atom stereocenters. The number of alkyl carbamates (subject to hydrolysis) is 1. The second-order valence-corrected chi connectivity index (χ2v) is 15.8. The molecule has 2 aliphatic heterocycles. The Morgan fingerprint density at radius 2 is 1.98 bits per heavy atom. The average Bonchev–Trinajstić information content (AvgIpc) is 3.72. The van der Waals surface area contributed by atoms with Crippen molar-refractivity contribution in [3.05, 3.63) is 36.1 Å². The van der Waals surface area contributed by atoms with Gasteiger partial charge in [-0.15, -0.1) is 4.31 Å². The molecule has 2 aromatic rings. The highest BCUT2D eigenvalue weighted by Gasteiger charge is 2.68. The first-order chi connectivity index (χ1) is 20.2. The molecule has 2 saturated heterocycles. The van der Waals surface area contributed by atoms with Gasteiger partial charge in [0.05, 0.1) is 30.0 Å². The first-order valence-electron chi connectivity index (χ1n) is 16.1. The van der Waals surface area contributed by atoms with Crippen molar-refractivity contribution in [3.8, 4) is 0 Å². The highest BCUT2D eigenvalue weighted by Crippen LogP contribution is 2.65. The third-order valence-electron chi connectivity index (χ3n) is 11.4. The van der Waals surface area contributed by atoms with Crippen molar-refractivity contribution in [3.63, 3.8) is 0 Å². The molecule has 6 fully saturated rings. The number of nitrogens with zero attached hydrogens (tertiary/aromatic N) is 1. The molecule has 0 radical (unpaired) electrons. The Morgan fingerprint density at radius 1 is 1.17 bits per heavy atom. The summed E-state index contributed by atoms with van der Waals surface area (Å²) in [5.74, 6) is 0.627. The van der Waals surface area contributed by atoms with Gasteiger partial charge in [-0.05, 0) is 93.6 Å². The topological polar surface area (TPSA) is 96.2 Å². The smallest absolute Gasteiger partial charge is 0.482 e. The maximum atomic E-state index is 13.4. The molecule has 0 spiro atoms. The maximum Gasteiger partial charge on any atom is 0.482 e. The summed E-state index contributed by atoms with van der Waals surface area (Å²) >= 11 is -1.02. The summed E-state index contributed by atoms with van der Waals surface area (Å²) < 4.78 is 40.5. The van der Waals surface area contributed by atoms with Crippen molar-refractivity contribution in [1.82, 2.24) is 9.62 Å². The lowest BCUT2D eigenvalue weighted by Crippen LogP contribution is -2.65. The molecule has 4 aliphatic carbocycles. The first kappa shape index (κ1) is 29.0. The number of rotatable bonds is 8. The second-order valence-electron chi connectivity index (χ2n) is 14.1. The van der Waals surface area contributed by atoms with E-state index in [4.69, 9.17) is 18.5 Å². The van der Waals surface area contributed by atoms with E-state index >= 15 is 0 Å². The van der Waals surface area contributed by atoms with Gasteiger partial charge in [0.1, 0.15) is 17.4 Å². The number of furan rings is 1. The highest BCUT2D eigenvalue weighted by atomic mass is 32.2. The van der Waals surface area contributed by atoms with Crippen molar-refractivity contribution in [1.29, 1.82) is 0 Å². The van der Waals surface area contributed by atoms with Gasteiger partial charge in [0.2, 0.25) is 0 Å². The van der Waals surface area contributed by atoms with Crippen molar-refractivity contribution in [2.75, 3.05) is 13.2 Å². The van der Waals surface area contributed by atoms with Crippen LogP contribution in [0.4, 0.5) is 4.79 Å². The lowest BCUT2D eigenvalue weighted by molar-refractivity contribution is -0.199. The maximum absolute atomic E-state index is 13.4. The van der Waals surface area contributed by atoms with Crippen molar-refractivity contribution in [2.45, 2.75) is 114 Å². The number of para-hydroxylation sites is 1. The van der Waals surface area contributed by atoms with Gasteiger partial charge in [0, 0.05) is 23.3 Å². The predicted octanol–water partition coefficient (Wildman–Crippen LogP) is 5.80. The quantitative estimate of drug-likeness (QED) is 0.304. The number of hydrogen-bond acceptors (Lipinski definition) is 7. The Bertz CT molecular complexity index is 1280. The monoisotopic (exact) mass is 596 g/mol. The number of benzene rings is 1. The van der Waals surface area contributed by atoms with E-state index in [0.717, 1.165) is 68.0 Å². The van der Waals surface area contributed by atoms with E-state index < -0.39 is 30.5 Å². The van der Waals surface area contributed by atoms with Crippen molar-refractivity contribution < 1.29 is 27.8 Å². The molecule has 1 aromatic heterocycles. The number of hydrogen-bond donors (Lipinski definition) is 1. The average molecular weight is 597 g/mol. The Morgan fingerprint density at radius 3 is 2.79 bits per heavy atom. The zero-order valence-corrected chi connectivity index (χ0v) is 26.0. The van der Waals surface area contributed by atoms with Gasteiger partial charge in [0.25, 0.3) is 0 Å². The number of carbonyl (C=O) groups excluding carboxylic acids is 1. The van der Waals surface area contributed by atoms with E-state index in [1.165, 1.54) is 12.8 Å². The Kier molecular flexibility index (Phi) is 7.83. The van der Waals surface area contributed by atoms with E-state index in [2.05, 4.69) is 30.4 Å². The van der Waals surface area contributed by atoms with E-state index in [1.807, 2.05) is 24.3 Å². The van der Waals surface area contributed by atoms with Gasteiger partial charge in [-0.3, -0.25) is 0 Å². The normalized spacial score (nSPS) is 34.1. The van der Waals surface area contributed by atoms with Gasteiger partial charge < -0.3 is 28.3 Å². The highest BCUT2D eigenvalue weighted by molar-refractivity contribution is 7.89. The molecule has 4 saturated carbocycles. The molecule has 1 aromatic carbocycles. The van der Waals surface area contributed by atoms with Crippen LogP contribution in [0.2, 0.25) is 0 Å². The first-order valence-corrected chi connectivity index (χ1v) is 17.3. The van der Waals surface area contributed by atoms with Crippen LogP contribution in [0.25, 0.3) is 11.0 Å². The molecule has 6 unspecified atom stereocenters. The molecular weight excluding hydrogens is 551 g/mol. The van der Waals surface area contributed by atoms with Gasteiger partial charge in [-0.1, -0.05) is 38.5 Å². The molecule has 2 bridgehead atoms. The van der Waals surface area contributed by atoms with Gasteiger partial charge >= 0.3 is 13.2 Å². The zero-order valence-electron chi connectivity index (χ0n) is 25.2. The Balaban J connectivity index is 1.04. The lowest BCUT2D eigenvalue weighted by Gasteiger charge is -2.64. The largest absolute Gasteiger partial charge is 0.598 e. The number of nitrogens with one attached hydrogen (secondary N) is 1. The van der Waals surface area contributed by atoms with Gasteiger partial charge in [-0.2, -0.15) is 0 Å². The summed E-state index contributed by atoms with van der Waals surface area (Å²) in [7, 11) is -0.585. The van der Waals surface area contributed by atoms with Crippen LogP contribution in [-0.4, -0.2) is 64.2 Å². The minimum atomic E-state index is -1.02. The third-order valence-corrected chi connectivity index (χ3v) is 13.4. The summed E-state index contributed by atoms with van der Waals surface area (Å²) in [5.41, 5.74) is 1.67. The summed E-state index contributed by atoms with van der Waals surface area (Å²) in [5, 5.41) is 4.38. The van der Waals surface area contributed by atoms with Crippen molar-refractivity contribution in [2.24, 2.45) is 17.3 Å². The molecule has 8 nitrogen and oxygen atoms in total. The molecule has 10 heteroatoms. The molecule has 8 rings (SSSR count). The minimum absolute atomic E-state index is 0.00966. The standard InChI is InChI=1S/C32H45BN2O6S/c1-31(2)22-17-27(31)32(3)28(18-22)40-33(41-32)29(16-21-19-38-26-14-8-7-13-25(21)26)34-30(36)39-20-23-10-9-15-35(23)42(37)24-11-5-4-6-12-24/h7-8,13-14,19,22-24,27-29H,4-6,9-12,15-18,20H2,1-3H3,(H,34,36)/t22?,23?,27?,28?,29?,32-,42?/m0/s1. The Labute approximate surface area is 253 Å². The molecule has 1 N–H and O–H groups in total. The zero-order chi connectivity index (χ0) is 29.1. The van der Waals surface area contributed by atoms with E-state index in [1.54, 1.807) is 6.26 Å². The van der Waals surface area contributed by atoms with Crippen LogP contribution >= 0.6 is 0 Å². The van der Waals surface area contributed by atoms with Crippen LogP contribution in [0, 0.1) is 17.3 Å². The number of carbonyl (C=O) groups is 1. The lowest BCUT2D eigenvalue weighted by atomic mass is 9.43.